The highest BCUT2D eigenvalue weighted by Gasteiger charge is 2.19. The molecule has 0 aliphatic heterocycles. The van der Waals surface area contributed by atoms with Crippen molar-refractivity contribution in [2.24, 2.45) is 0 Å². The summed E-state index contributed by atoms with van der Waals surface area (Å²) in [4.78, 5) is 39.8. The largest absolute Gasteiger partial charge is 0.444 e. The minimum absolute atomic E-state index is 0.113. The van der Waals surface area contributed by atoms with Crippen molar-refractivity contribution >= 4 is 33.7 Å². The Bertz CT molecular complexity index is 644. The average molecular weight is 428 g/mol. The molecule has 8 heteroatoms. The molecule has 1 rings (SSSR count). The molecule has 0 radical (unpaired) electrons. The van der Waals surface area contributed by atoms with Gasteiger partial charge >= 0.3 is 6.09 Å². The van der Waals surface area contributed by atoms with Crippen molar-refractivity contribution in [2.75, 3.05) is 6.54 Å². The Labute approximate surface area is 162 Å². The molecule has 0 spiro atoms. The molecule has 2 amide bonds. The predicted octanol–water partition coefficient (Wildman–Crippen LogP) is 3.23. The summed E-state index contributed by atoms with van der Waals surface area (Å²) >= 11 is 3.20. The van der Waals surface area contributed by atoms with Gasteiger partial charge in [0.1, 0.15) is 15.9 Å². The molecule has 26 heavy (non-hydrogen) atoms. The van der Waals surface area contributed by atoms with Crippen LogP contribution in [0.15, 0.2) is 22.8 Å². The van der Waals surface area contributed by atoms with Crippen molar-refractivity contribution in [1.82, 2.24) is 15.6 Å². The van der Waals surface area contributed by atoms with Crippen LogP contribution in [0.1, 0.15) is 57.4 Å². The molecule has 1 heterocycles. The summed E-state index contributed by atoms with van der Waals surface area (Å²) in [6.07, 6.45) is 0.840. The lowest BCUT2D eigenvalue weighted by molar-refractivity contribution is -0.121. The maximum absolute atomic E-state index is 12.0. The molecular formula is C18H26BrN3O4. The lowest BCUT2D eigenvalue weighted by Crippen LogP contribution is -2.39. The normalized spacial score (nSPS) is 12.2. The highest BCUT2D eigenvalue weighted by Crippen LogP contribution is 2.09. The van der Waals surface area contributed by atoms with Crippen LogP contribution >= 0.6 is 15.9 Å². The Balaban J connectivity index is 2.37. The number of Topliss-reactive ketones (excluding diaryl/α,β-unsaturated/α-hetero) is 1. The summed E-state index contributed by atoms with van der Waals surface area (Å²) in [5.41, 5.74) is -0.279. The highest BCUT2D eigenvalue weighted by molar-refractivity contribution is 9.10. The molecule has 0 bridgehead atoms. The second-order valence-corrected chi connectivity index (χ2v) is 7.65. The minimum Gasteiger partial charge on any atom is -0.444 e. The van der Waals surface area contributed by atoms with E-state index in [4.69, 9.17) is 4.74 Å². The van der Waals surface area contributed by atoms with Gasteiger partial charge in [-0.25, -0.2) is 9.78 Å². The summed E-state index contributed by atoms with van der Waals surface area (Å²) in [5.74, 6) is -0.517. The molecule has 1 aromatic heterocycles. The van der Waals surface area contributed by atoms with Crippen LogP contribution in [0.5, 0.6) is 0 Å². The predicted molar refractivity (Wildman–Crippen MR) is 102 cm³/mol. The van der Waals surface area contributed by atoms with Crippen LogP contribution in [0.2, 0.25) is 0 Å². The fourth-order valence-corrected chi connectivity index (χ4v) is 2.42. The van der Waals surface area contributed by atoms with E-state index in [9.17, 15) is 14.4 Å². The van der Waals surface area contributed by atoms with Gasteiger partial charge in [0.15, 0.2) is 5.78 Å². The number of halogens is 1. The Morgan fingerprint density at radius 1 is 1.27 bits per heavy atom. The molecule has 0 aliphatic rings. The quantitative estimate of drug-likeness (QED) is 0.490. The van der Waals surface area contributed by atoms with Crippen LogP contribution in [-0.4, -0.2) is 41.0 Å². The Morgan fingerprint density at radius 3 is 2.54 bits per heavy atom. The summed E-state index contributed by atoms with van der Waals surface area (Å²) in [5, 5.41) is 5.34. The Morgan fingerprint density at radius 2 is 1.96 bits per heavy atom. The van der Waals surface area contributed by atoms with E-state index in [0.29, 0.717) is 17.4 Å². The third-order valence-electron chi connectivity index (χ3n) is 3.38. The van der Waals surface area contributed by atoms with Crippen molar-refractivity contribution in [3.63, 3.8) is 0 Å². The number of ether oxygens (including phenoxy) is 1. The molecule has 144 valence electrons. The first kappa shape index (κ1) is 22.1. The summed E-state index contributed by atoms with van der Waals surface area (Å²) in [6, 6.07) is 4.85. The van der Waals surface area contributed by atoms with Gasteiger partial charge in [-0.2, -0.15) is 0 Å². The molecule has 0 saturated carbocycles. The number of carbonyl (C=O) groups excluding carboxylic acids is 3. The average Bonchev–Trinajstić information content (AvgIpc) is 2.54. The summed E-state index contributed by atoms with van der Waals surface area (Å²) < 4.78 is 5.77. The number of pyridine rings is 1. The third-order valence-corrected chi connectivity index (χ3v) is 3.82. The molecule has 1 aromatic rings. The molecule has 0 aromatic carbocycles. The van der Waals surface area contributed by atoms with Gasteiger partial charge in [-0.15, -0.1) is 0 Å². The number of nitrogens with zero attached hydrogens (tertiary/aromatic N) is 1. The van der Waals surface area contributed by atoms with Crippen molar-refractivity contribution in [3.05, 3.63) is 28.5 Å². The Kier molecular flexibility index (Phi) is 8.71. The number of alkyl carbamates (subject to hydrolysis) is 1. The summed E-state index contributed by atoms with van der Waals surface area (Å²) in [7, 11) is 0. The topological polar surface area (TPSA) is 97.4 Å². The van der Waals surface area contributed by atoms with Crippen LogP contribution in [0.3, 0.4) is 0 Å². The fraction of sp³-hybridized carbons (Fsp3) is 0.556. The molecule has 0 fully saturated rings. The van der Waals surface area contributed by atoms with Crippen LogP contribution in [-0.2, 0) is 9.53 Å². The number of rotatable bonds is 8. The van der Waals surface area contributed by atoms with E-state index in [0.717, 1.165) is 0 Å². The summed E-state index contributed by atoms with van der Waals surface area (Å²) in [6.45, 7) is 7.18. The SMILES string of the molecule is CC[C@@H](CCC(=O)NCC(=O)c1cccc(Br)n1)NC(=O)OC(C)(C)C. The van der Waals surface area contributed by atoms with Gasteiger partial charge in [0.2, 0.25) is 5.91 Å². The molecule has 7 nitrogen and oxygen atoms in total. The lowest BCUT2D eigenvalue weighted by atomic mass is 10.1. The first-order valence-corrected chi connectivity index (χ1v) is 9.32. The van der Waals surface area contributed by atoms with Gasteiger partial charge in [-0.3, -0.25) is 9.59 Å². The van der Waals surface area contributed by atoms with E-state index in [1.165, 1.54) is 0 Å². The number of aromatic nitrogens is 1. The highest BCUT2D eigenvalue weighted by atomic mass is 79.9. The maximum Gasteiger partial charge on any atom is 0.407 e. The number of hydrogen-bond acceptors (Lipinski definition) is 5. The zero-order valence-electron chi connectivity index (χ0n) is 15.6. The van der Waals surface area contributed by atoms with Gasteiger partial charge in [0, 0.05) is 12.5 Å². The van der Waals surface area contributed by atoms with Crippen LogP contribution < -0.4 is 10.6 Å². The standard InChI is InChI=1S/C18H26BrN3O4/c1-5-12(21-17(25)26-18(2,3)4)9-10-16(24)20-11-14(23)13-7-6-8-15(19)22-13/h6-8,12H,5,9-11H2,1-4H3,(H,20,24)(H,21,25)/t12-/m0/s1. The molecule has 1 atom stereocenters. The van der Waals surface area contributed by atoms with Crippen molar-refractivity contribution < 1.29 is 19.1 Å². The third kappa shape index (κ3) is 8.94. The van der Waals surface area contributed by atoms with Crippen molar-refractivity contribution in [3.8, 4) is 0 Å². The first-order valence-electron chi connectivity index (χ1n) is 8.52. The molecule has 0 saturated heterocycles. The number of ketones is 1. The molecular weight excluding hydrogens is 402 g/mol. The second kappa shape index (κ2) is 10.3. The molecule has 0 unspecified atom stereocenters. The number of nitrogens with one attached hydrogen (secondary N) is 2. The van der Waals surface area contributed by atoms with Gasteiger partial charge in [-0.05, 0) is 61.7 Å². The van der Waals surface area contributed by atoms with Gasteiger partial charge < -0.3 is 15.4 Å². The minimum atomic E-state index is -0.569. The molecule has 0 aliphatic carbocycles. The van der Waals surface area contributed by atoms with Gasteiger partial charge in [-0.1, -0.05) is 13.0 Å². The van der Waals surface area contributed by atoms with Crippen LogP contribution in [0.4, 0.5) is 4.79 Å². The van der Waals surface area contributed by atoms with E-state index in [1.54, 1.807) is 39.0 Å². The first-order chi connectivity index (χ1) is 12.1. The number of carbonyl (C=O) groups is 3. The van der Waals surface area contributed by atoms with Crippen LogP contribution in [0, 0.1) is 0 Å². The maximum atomic E-state index is 12.0. The van der Waals surface area contributed by atoms with Crippen molar-refractivity contribution in [2.45, 2.75) is 58.6 Å². The number of amides is 2. The second-order valence-electron chi connectivity index (χ2n) is 6.84. The van der Waals surface area contributed by atoms with Crippen LogP contribution in [0.25, 0.3) is 0 Å². The van der Waals surface area contributed by atoms with E-state index < -0.39 is 11.7 Å². The molecule has 2 N–H and O–H groups in total. The zero-order valence-corrected chi connectivity index (χ0v) is 17.2. The van der Waals surface area contributed by atoms with Gasteiger partial charge in [0.05, 0.1) is 6.54 Å². The lowest BCUT2D eigenvalue weighted by Gasteiger charge is -2.23. The Hall–Kier alpha value is -1.96. The smallest absolute Gasteiger partial charge is 0.407 e. The van der Waals surface area contributed by atoms with E-state index in [2.05, 4.69) is 31.5 Å². The number of hydrogen-bond donors (Lipinski definition) is 2. The van der Waals surface area contributed by atoms with E-state index in [1.807, 2.05) is 6.92 Å². The van der Waals surface area contributed by atoms with E-state index in [-0.39, 0.29) is 36.4 Å². The van der Waals surface area contributed by atoms with E-state index >= 15 is 0 Å². The fourth-order valence-electron chi connectivity index (χ4n) is 2.08. The zero-order chi connectivity index (χ0) is 19.7. The van der Waals surface area contributed by atoms with Crippen molar-refractivity contribution in [1.29, 1.82) is 0 Å². The monoisotopic (exact) mass is 427 g/mol. The van der Waals surface area contributed by atoms with Gasteiger partial charge in [0.25, 0.3) is 0 Å².